The second-order valence-electron chi connectivity index (χ2n) is 6.37. The molecule has 3 fully saturated rings. The van der Waals surface area contributed by atoms with Gasteiger partial charge in [0.25, 0.3) is 0 Å². The lowest BCUT2D eigenvalue weighted by atomic mass is 9.82. The molecule has 2 amide bonds. The highest BCUT2D eigenvalue weighted by Crippen LogP contribution is 2.42. The van der Waals surface area contributed by atoms with Crippen LogP contribution in [-0.4, -0.2) is 53.1 Å². The molecule has 3 saturated heterocycles. The number of nitrogens with one attached hydrogen (secondary N) is 1. The summed E-state index contributed by atoms with van der Waals surface area (Å²) < 4.78 is 0. The largest absolute Gasteiger partial charge is 0.325 e. The summed E-state index contributed by atoms with van der Waals surface area (Å²) in [5, 5.41) is 3.67. The number of amides is 2. The number of carbonyl (C=O) groups excluding carboxylic acids is 1. The molecule has 0 aromatic heterocycles. The Morgan fingerprint density at radius 2 is 1.88 bits per heavy atom. The molecule has 2 atom stereocenters. The van der Waals surface area contributed by atoms with E-state index in [2.05, 4.69) is 24.1 Å². The Balaban J connectivity index is 1.92. The highest BCUT2D eigenvalue weighted by molar-refractivity contribution is 5.78. The smallest absolute Gasteiger partial charge is 0.320 e. The minimum Gasteiger partial charge on any atom is -0.325 e. The lowest BCUT2D eigenvalue weighted by molar-refractivity contribution is 0.0828. The van der Waals surface area contributed by atoms with Gasteiger partial charge in [-0.05, 0) is 39.5 Å². The molecule has 4 heteroatoms. The molecule has 17 heavy (non-hydrogen) atoms. The number of fused-ring (bicyclic) bond motifs is 2. The van der Waals surface area contributed by atoms with Crippen LogP contribution in [0.2, 0.25) is 0 Å². The number of hydrogen-bond acceptors (Lipinski definition) is 2. The number of likely N-dealkylation sites (N-methyl/N-ethyl adjacent to an activating group) is 1. The predicted octanol–water partition coefficient (Wildman–Crippen LogP) is 1.42. The van der Waals surface area contributed by atoms with E-state index in [1.807, 2.05) is 11.9 Å². The van der Waals surface area contributed by atoms with E-state index in [0.29, 0.717) is 18.1 Å². The van der Waals surface area contributed by atoms with Gasteiger partial charge in [-0.25, -0.2) is 4.79 Å². The van der Waals surface area contributed by atoms with Crippen molar-refractivity contribution >= 4 is 6.03 Å². The summed E-state index contributed by atoms with van der Waals surface area (Å²) in [6, 6.07) is 1.80. The molecule has 96 valence electrons. The van der Waals surface area contributed by atoms with E-state index in [4.69, 9.17) is 0 Å². The molecule has 3 heterocycles. The molecule has 2 unspecified atom stereocenters. The fourth-order valence-corrected chi connectivity index (χ4v) is 4.29. The summed E-state index contributed by atoms with van der Waals surface area (Å²) in [6.07, 6.45) is 4.85. The molecule has 0 aliphatic carbocycles. The Morgan fingerprint density at radius 3 is 2.41 bits per heavy atom. The Hall–Kier alpha value is -0.770. The molecule has 4 nitrogen and oxygen atoms in total. The third-order valence-electron chi connectivity index (χ3n) is 4.68. The lowest BCUT2D eigenvalue weighted by Crippen LogP contribution is -2.59. The van der Waals surface area contributed by atoms with Crippen LogP contribution < -0.4 is 5.32 Å². The SMILES string of the molecule is CC(C)N1C(=O)N(C)CC12CC1CCC(C2)N1. The summed E-state index contributed by atoms with van der Waals surface area (Å²) in [4.78, 5) is 16.3. The zero-order valence-electron chi connectivity index (χ0n) is 11.1. The second-order valence-corrected chi connectivity index (χ2v) is 6.37. The molecular weight excluding hydrogens is 214 g/mol. The fraction of sp³-hybridized carbons (Fsp3) is 0.923. The highest BCUT2D eigenvalue weighted by Gasteiger charge is 2.54. The topological polar surface area (TPSA) is 35.6 Å². The van der Waals surface area contributed by atoms with Gasteiger partial charge in [0.2, 0.25) is 0 Å². The van der Waals surface area contributed by atoms with Crippen LogP contribution in [0.4, 0.5) is 4.79 Å². The first-order chi connectivity index (χ1) is 8.02. The predicted molar refractivity (Wildman–Crippen MR) is 66.9 cm³/mol. The Kier molecular flexibility index (Phi) is 2.41. The van der Waals surface area contributed by atoms with E-state index in [9.17, 15) is 4.79 Å². The van der Waals surface area contributed by atoms with Crippen molar-refractivity contribution in [1.29, 1.82) is 0 Å². The standard InChI is InChI=1S/C13H23N3O/c1-9(2)16-12(17)15(3)8-13(16)6-10-4-5-11(7-13)14-10/h9-11,14H,4-8H2,1-3H3. The van der Waals surface area contributed by atoms with E-state index in [-0.39, 0.29) is 11.6 Å². The number of nitrogens with zero attached hydrogens (tertiary/aromatic N) is 2. The van der Waals surface area contributed by atoms with Crippen molar-refractivity contribution in [3.63, 3.8) is 0 Å². The normalized spacial score (nSPS) is 41.1. The summed E-state index contributed by atoms with van der Waals surface area (Å²) in [6.45, 7) is 5.20. The third-order valence-corrected chi connectivity index (χ3v) is 4.68. The first kappa shape index (κ1) is 11.3. The molecule has 0 aromatic carbocycles. The summed E-state index contributed by atoms with van der Waals surface area (Å²) >= 11 is 0. The van der Waals surface area contributed by atoms with Crippen LogP contribution in [0.15, 0.2) is 0 Å². The number of piperidine rings is 1. The van der Waals surface area contributed by atoms with Crippen molar-refractivity contribution in [2.45, 2.75) is 63.2 Å². The molecule has 3 rings (SSSR count). The molecule has 3 aliphatic heterocycles. The number of carbonyl (C=O) groups is 1. The van der Waals surface area contributed by atoms with Gasteiger partial charge in [-0.2, -0.15) is 0 Å². The van der Waals surface area contributed by atoms with Crippen LogP contribution in [0.25, 0.3) is 0 Å². The fourth-order valence-electron chi connectivity index (χ4n) is 4.29. The van der Waals surface area contributed by atoms with E-state index in [0.717, 1.165) is 19.4 Å². The van der Waals surface area contributed by atoms with E-state index in [1.54, 1.807) is 0 Å². The van der Waals surface area contributed by atoms with Crippen LogP contribution >= 0.6 is 0 Å². The van der Waals surface area contributed by atoms with Gasteiger partial charge in [-0.1, -0.05) is 0 Å². The molecule has 0 radical (unpaired) electrons. The first-order valence-corrected chi connectivity index (χ1v) is 6.82. The zero-order valence-corrected chi connectivity index (χ0v) is 11.1. The van der Waals surface area contributed by atoms with Gasteiger partial charge >= 0.3 is 6.03 Å². The minimum absolute atomic E-state index is 0.108. The maximum absolute atomic E-state index is 12.3. The molecule has 0 aromatic rings. The monoisotopic (exact) mass is 237 g/mol. The summed E-state index contributed by atoms with van der Waals surface area (Å²) in [5.41, 5.74) is 0.108. The van der Waals surface area contributed by atoms with Gasteiger partial charge in [-0.3, -0.25) is 0 Å². The lowest BCUT2D eigenvalue weighted by Gasteiger charge is -2.45. The summed E-state index contributed by atoms with van der Waals surface area (Å²) in [5.74, 6) is 0. The van der Waals surface area contributed by atoms with Crippen molar-refractivity contribution in [1.82, 2.24) is 15.1 Å². The summed E-state index contributed by atoms with van der Waals surface area (Å²) in [7, 11) is 1.94. The van der Waals surface area contributed by atoms with Crippen molar-refractivity contribution in [3.8, 4) is 0 Å². The minimum atomic E-state index is 0.108. The van der Waals surface area contributed by atoms with Crippen LogP contribution in [0.1, 0.15) is 39.5 Å². The molecule has 2 bridgehead atoms. The van der Waals surface area contributed by atoms with Crippen LogP contribution in [0.5, 0.6) is 0 Å². The maximum Gasteiger partial charge on any atom is 0.320 e. The molecule has 1 N–H and O–H groups in total. The first-order valence-electron chi connectivity index (χ1n) is 6.82. The van der Waals surface area contributed by atoms with Crippen molar-refractivity contribution in [3.05, 3.63) is 0 Å². The quantitative estimate of drug-likeness (QED) is 0.748. The van der Waals surface area contributed by atoms with E-state index >= 15 is 0 Å². The average molecular weight is 237 g/mol. The number of rotatable bonds is 1. The molecule has 0 saturated carbocycles. The third kappa shape index (κ3) is 1.57. The van der Waals surface area contributed by atoms with Gasteiger partial charge in [0.05, 0.1) is 5.54 Å². The van der Waals surface area contributed by atoms with E-state index in [1.165, 1.54) is 12.8 Å². The van der Waals surface area contributed by atoms with Crippen LogP contribution in [-0.2, 0) is 0 Å². The Bertz CT molecular complexity index is 330. The van der Waals surface area contributed by atoms with Gasteiger partial charge < -0.3 is 15.1 Å². The maximum atomic E-state index is 12.3. The molecule has 1 spiro atoms. The highest BCUT2D eigenvalue weighted by atomic mass is 16.2. The number of urea groups is 1. The van der Waals surface area contributed by atoms with Gasteiger partial charge in [0.15, 0.2) is 0 Å². The average Bonchev–Trinajstić information content (AvgIpc) is 2.67. The molecule has 3 aliphatic rings. The van der Waals surface area contributed by atoms with Crippen LogP contribution in [0, 0.1) is 0 Å². The Labute approximate surface area is 103 Å². The Morgan fingerprint density at radius 1 is 1.29 bits per heavy atom. The second kappa shape index (κ2) is 3.61. The zero-order chi connectivity index (χ0) is 12.2. The van der Waals surface area contributed by atoms with Crippen LogP contribution in [0.3, 0.4) is 0 Å². The van der Waals surface area contributed by atoms with Crippen molar-refractivity contribution in [2.75, 3.05) is 13.6 Å². The van der Waals surface area contributed by atoms with Crippen molar-refractivity contribution < 1.29 is 4.79 Å². The van der Waals surface area contributed by atoms with Gasteiger partial charge in [0, 0.05) is 31.7 Å². The van der Waals surface area contributed by atoms with Crippen molar-refractivity contribution in [2.24, 2.45) is 0 Å². The van der Waals surface area contributed by atoms with Gasteiger partial charge in [-0.15, -0.1) is 0 Å². The van der Waals surface area contributed by atoms with Gasteiger partial charge in [0.1, 0.15) is 0 Å². The van der Waals surface area contributed by atoms with E-state index < -0.39 is 0 Å². The molecular formula is C13H23N3O. The number of hydrogen-bond donors (Lipinski definition) is 1.